The largest absolute Gasteiger partial charge is 0.467 e. The quantitative estimate of drug-likeness (QED) is 0.282. The Morgan fingerprint density at radius 2 is 1.88 bits per heavy atom. The van der Waals surface area contributed by atoms with Crippen LogP contribution in [0.1, 0.15) is 21.5 Å². The first kappa shape index (κ1) is 18.8. The van der Waals surface area contributed by atoms with Crippen LogP contribution in [-0.4, -0.2) is 67.8 Å². The molecule has 0 spiro atoms. The molecule has 0 radical (unpaired) electrons. The summed E-state index contributed by atoms with van der Waals surface area (Å²) >= 11 is 0. The van der Waals surface area contributed by atoms with E-state index in [-0.39, 0.29) is 12.1 Å². The van der Waals surface area contributed by atoms with E-state index in [1.165, 1.54) is 6.07 Å². The first-order chi connectivity index (χ1) is 11.5. The highest BCUT2D eigenvalue weighted by atomic mass is 16.6. The fourth-order valence-electron chi connectivity index (χ4n) is 2.71. The van der Waals surface area contributed by atoms with Crippen LogP contribution in [0.2, 0.25) is 0 Å². The van der Waals surface area contributed by atoms with Crippen molar-refractivity contribution < 1.29 is 39.5 Å². The maximum Gasteiger partial charge on any atom is 0.334 e. The molecule has 25 heavy (non-hydrogen) atoms. The van der Waals surface area contributed by atoms with Crippen molar-refractivity contribution in [1.29, 1.82) is 0 Å². The number of benzene rings is 1. The Balaban J connectivity index is 2.55. The van der Waals surface area contributed by atoms with Crippen molar-refractivity contribution in [3.05, 3.63) is 34.9 Å². The van der Waals surface area contributed by atoms with Gasteiger partial charge in [0.1, 0.15) is 0 Å². The normalized spacial score (nSPS) is 15.8. The van der Waals surface area contributed by atoms with Crippen LogP contribution < -0.4 is 5.73 Å². The van der Waals surface area contributed by atoms with Gasteiger partial charge in [-0.3, -0.25) is 9.59 Å². The van der Waals surface area contributed by atoms with Crippen molar-refractivity contribution in [1.82, 2.24) is 4.90 Å². The number of hydrogen-bond acceptors (Lipinski definition) is 8. The minimum Gasteiger partial charge on any atom is -0.467 e. The van der Waals surface area contributed by atoms with Crippen molar-refractivity contribution in [3.63, 3.8) is 0 Å². The number of aliphatic hydroxyl groups is 4. The van der Waals surface area contributed by atoms with E-state index >= 15 is 0 Å². The van der Waals surface area contributed by atoms with E-state index in [1.807, 2.05) is 0 Å². The molecule has 10 heteroatoms. The van der Waals surface area contributed by atoms with Crippen LogP contribution in [0, 0.1) is 6.92 Å². The predicted octanol–water partition coefficient (Wildman–Crippen LogP) is -2.66. The third-order valence-corrected chi connectivity index (χ3v) is 4.20. The molecule has 2 amide bonds. The van der Waals surface area contributed by atoms with Gasteiger partial charge in [0.15, 0.2) is 6.04 Å². The van der Waals surface area contributed by atoms with Crippen molar-refractivity contribution in [2.75, 3.05) is 7.11 Å². The van der Waals surface area contributed by atoms with Crippen molar-refractivity contribution >= 4 is 17.8 Å². The monoisotopic (exact) mass is 354 g/mol. The first-order valence-corrected chi connectivity index (χ1v) is 7.13. The molecule has 0 fully saturated rings. The maximum atomic E-state index is 12.6. The lowest BCUT2D eigenvalue weighted by Crippen LogP contribution is -2.72. The number of aryl methyl sites for hydroxylation is 1. The van der Waals surface area contributed by atoms with E-state index in [2.05, 4.69) is 4.74 Å². The molecule has 1 unspecified atom stereocenters. The van der Waals surface area contributed by atoms with Gasteiger partial charge < -0.3 is 35.8 Å². The van der Waals surface area contributed by atoms with Crippen molar-refractivity contribution in [2.24, 2.45) is 5.73 Å². The summed E-state index contributed by atoms with van der Waals surface area (Å²) < 4.78 is 4.44. The summed E-state index contributed by atoms with van der Waals surface area (Å²) in [6.07, 6.45) is 0. The van der Waals surface area contributed by atoms with E-state index in [0.29, 0.717) is 16.0 Å². The van der Waals surface area contributed by atoms with Crippen LogP contribution in [0.4, 0.5) is 0 Å². The molecular weight excluding hydrogens is 336 g/mol. The van der Waals surface area contributed by atoms with Crippen LogP contribution >= 0.6 is 0 Å². The number of primary amides is 1. The molecule has 0 saturated heterocycles. The Bertz CT molecular complexity index is 743. The Morgan fingerprint density at radius 3 is 2.36 bits per heavy atom. The van der Waals surface area contributed by atoms with Gasteiger partial charge in [-0.25, -0.2) is 4.79 Å². The number of carbonyl (C=O) groups is 3. The fraction of sp³-hybridized carbons (Fsp3) is 0.400. The van der Waals surface area contributed by atoms with Gasteiger partial charge in [0.25, 0.3) is 17.6 Å². The van der Waals surface area contributed by atoms with E-state index in [4.69, 9.17) is 5.73 Å². The van der Waals surface area contributed by atoms with Gasteiger partial charge >= 0.3 is 11.8 Å². The smallest absolute Gasteiger partial charge is 0.334 e. The second-order valence-corrected chi connectivity index (χ2v) is 5.72. The van der Waals surface area contributed by atoms with Gasteiger partial charge in [-0.05, 0) is 24.1 Å². The number of rotatable bonds is 5. The molecule has 1 aromatic carbocycles. The number of methoxy groups -OCH3 is 1. The topological polar surface area (TPSA) is 171 Å². The summed E-state index contributed by atoms with van der Waals surface area (Å²) in [7, 11) is 0.894. The van der Waals surface area contributed by atoms with E-state index in [1.54, 1.807) is 19.1 Å². The Hall–Kier alpha value is -2.53. The number of carbonyl (C=O) groups excluding carboxylic acids is 3. The van der Waals surface area contributed by atoms with Gasteiger partial charge in [0.2, 0.25) is 0 Å². The highest BCUT2D eigenvalue weighted by Crippen LogP contribution is 2.33. The first-order valence-electron chi connectivity index (χ1n) is 7.13. The lowest BCUT2D eigenvalue weighted by molar-refractivity contribution is -0.351. The van der Waals surface area contributed by atoms with Gasteiger partial charge in [-0.1, -0.05) is 12.1 Å². The average Bonchev–Trinajstić information content (AvgIpc) is 2.85. The van der Waals surface area contributed by atoms with Crippen molar-refractivity contribution in [2.45, 2.75) is 31.1 Å². The minimum atomic E-state index is -3.92. The van der Waals surface area contributed by atoms with Gasteiger partial charge in [-0.15, -0.1) is 0 Å². The zero-order chi connectivity index (χ0) is 19.2. The molecule has 0 bridgehead atoms. The molecular formula is C15H18N2O8. The van der Waals surface area contributed by atoms with Gasteiger partial charge in [-0.2, -0.15) is 0 Å². The molecule has 0 aromatic heterocycles. The zero-order valence-corrected chi connectivity index (χ0v) is 13.5. The molecule has 10 nitrogen and oxygen atoms in total. The molecule has 0 aliphatic carbocycles. The average molecular weight is 354 g/mol. The zero-order valence-electron chi connectivity index (χ0n) is 13.5. The van der Waals surface area contributed by atoms with E-state index in [0.717, 1.165) is 7.11 Å². The second-order valence-electron chi connectivity index (χ2n) is 5.72. The summed E-state index contributed by atoms with van der Waals surface area (Å²) in [6, 6.07) is 2.45. The predicted molar refractivity (Wildman–Crippen MR) is 80.4 cm³/mol. The SMILES string of the molecule is COC(=O)C(N1Cc2c(C)cccc2C1=O)C(O)(O)C(O)(O)C(N)=O. The number of esters is 1. The van der Waals surface area contributed by atoms with Crippen LogP contribution in [0.5, 0.6) is 0 Å². The molecule has 1 atom stereocenters. The molecule has 1 aliphatic rings. The third kappa shape index (κ3) is 2.74. The number of nitrogens with two attached hydrogens (primary N) is 1. The van der Waals surface area contributed by atoms with E-state index in [9.17, 15) is 34.8 Å². The highest BCUT2D eigenvalue weighted by Gasteiger charge is 2.63. The third-order valence-electron chi connectivity index (χ3n) is 4.20. The van der Waals surface area contributed by atoms with Crippen LogP contribution in [0.3, 0.4) is 0 Å². The number of nitrogens with zero attached hydrogens (tertiary/aromatic N) is 1. The molecule has 1 aromatic rings. The number of hydrogen-bond donors (Lipinski definition) is 5. The maximum absolute atomic E-state index is 12.6. The Kier molecular flexibility index (Phi) is 4.57. The summed E-state index contributed by atoms with van der Waals surface area (Å²) in [6.45, 7) is 1.47. The summed E-state index contributed by atoms with van der Waals surface area (Å²) in [4.78, 5) is 36.5. The number of amides is 2. The van der Waals surface area contributed by atoms with E-state index < -0.39 is 35.4 Å². The molecule has 136 valence electrons. The lowest BCUT2D eigenvalue weighted by atomic mass is 9.95. The van der Waals surface area contributed by atoms with Gasteiger partial charge in [0, 0.05) is 12.1 Å². The number of fused-ring (bicyclic) bond motifs is 1. The fourth-order valence-corrected chi connectivity index (χ4v) is 2.71. The number of ether oxygens (including phenoxy) is 1. The second kappa shape index (κ2) is 6.08. The molecule has 1 heterocycles. The van der Waals surface area contributed by atoms with Gasteiger partial charge in [0.05, 0.1) is 7.11 Å². The standard InChI is InChI=1S/C15H18N2O8/c1-7-4-3-5-8-9(7)6-17(11(8)18)10(12(19)25-2)14(21,22)15(23,24)13(16)20/h3-5,10,21-24H,6H2,1-2H3,(H2,16,20). The van der Waals surface area contributed by atoms with Crippen LogP contribution in [0.15, 0.2) is 18.2 Å². The molecule has 1 aliphatic heterocycles. The molecule has 0 saturated carbocycles. The lowest BCUT2D eigenvalue weighted by Gasteiger charge is -2.40. The van der Waals surface area contributed by atoms with Crippen LogP contribution in [-0.2, 0) is 20.9 Å². The summed E-state index contributed by atoms with van der Waals surface area (Å²) in [5.41, 5.74) is 6.18. The Labute approximate surface area is 142 Å². The van der Waals surface area contributed by atoms with Crippen LogP contribution in [0.25, 0.3) is 0 Å². The highest BCUT2D eigenvalue weighted by molar-refractivity contribution is 6.01. The minimum absolute atomic E-state index is 0.199. The summed E-state index contributed by atoms with van der Waals surface area (Å²) in [5.74, 6) is -11.8. The Morgan fingerprint density at radius 1 is 1.28 bits per heavy atom. The van der Waals surface area contributed by atoms with Crippen molar-refractivity contribution in [3.8, 4) is 0 Å². The molecule has 2 rings (SSSR count). The summed E-state index contributed by atoms with van der Waals surface area (Å²) in [5, 5.41) is 39.7. The molecule has 6 N–H and O–H groups in total.